The van der Waals surface area contributed by atoms with Gasteiger partial charge in [-0.1, -0.05) is 116 Å². The van der Waals surface area contributed by atoms with Crippen LogP contribution >= 0.6 is 55.1 Å². The van der Waals surface area contributed by atoms with Gasteiger partial charge in [0.25, 0.3) is 11.8 Å². The average Bonchev–Trinajstić information content (AvgIpc) is 3.56. The van der Waals surface area contributed by atoms with Crippen LogP contribution in [0.15, 0.2) is 127 Å². The Balaban J connectivity index is 1.10. The van der Waals surface area contributed by atoms with Crippen LogP contribution in [-0.4, -0.2) is 46.4 Å². The molecule has 4 aromatic rings. The van der Waals surface area contributed by atoms with Gasteiger partial charge in [-0.15, -0.1) is 0 Å². The number of amides is 2. The van der Waals surface area contributed by atoms with E-state index in [4.69, 9.17) is 33.2 Å². The number of carbonyl (C=O) groups excluding carboxylic acids is 2. The molecule has 0 spiro atoms. The summed E-state index contributed by atoms with van der Waals surface area (Å²) in [7, 11) is 0. The van der Waals surface area contributed by atoms with E-state index in [2.05, 4.69) is 31.9 Å². The van der Waals surface area contributed by atoms with Crippen molar-refractivity contribution in [2.24, 2.45) is 9.98 Å². The van der Waals surface area contributed by atoms with Gasteiger partial charge in [0.15, 0.2) is 0 Å². The van der Waals surface area contributed by atoms with Gasteiger partial charge in [0.2, 0.25) is 0 Å². The zero-order valence-electron chi connectivity index (χ0n) is 25.8. The predicted octanol–water partition coefficient (Wildman–Crippen LogP) is 10.0. The maximum Gasteiger partial charge on any atom is 0.278 e. The van der Waals surface area contributed by atoms with Gasteiger partial charge < -0.3 is 0 Å². The highest BCUT2D eigenvalue weighted by molar-refractivity contribution is 9.10. The molecule has 6 rings (SSSR count). The van der Waals surface area contributed by atoms with Crippen LogP contribution in [0.4, 0.5) is 0 Å². The maximum atomic E-state index is 13.6. The predicted molar refractivity (Wildman–Crippen MR) is 202 cm³/mol. The van der Waals surface area contributed by atoms with Crippen LogP contribution in [-0.2, 0) is 9.59 Å². The van der Waals surface area contributed by atoms with Crippen LogP contribution in [0.2, 0.25) is 10.0 Å². The van der Waals surface area contributed by atoms with Gasteiger partial charge in [-0.3, -0.25) is 19.4 Å². The molecule has 10 heteroatoms. The number of nitrogens with zero attached hydrogens (tertiary/aromatic N) is 4. The first kappa shape index (κ1) is 34.1. The Morgan fingerprint density at radius 2 is 0.875 bits per heavy atom. The zero-order valence-corrected chi connectivity index (χ0v) is 30.4. The highest BCUT2D eigenvalue weighted by Crippen LogP contribution is 2.26. The Kier molecular flexibility index (Phi) is 11.1. The summed E-state index contributed by atoms with van der Waals surface area (Å²) in [6, 6.07) is 30.3. The summed E-state index contributed by atoms with van der Waals surface area (Å²) in [4.78, 5) is 40.2. The molecule has 0 atom stereocenters. The van der Waals surface area contributed by atoms with Crippen LogP contribution in [0.5, 0.6) is 0 Å². The van der Waals surface area contributed by atoms with Gasteiger partial charge >= 0.3 is 0 Å². The Morgan fingerprint density at radius 1 is 0.521 bits per heavy atom. The Labute approximate surface area is 306 Å². The summed E-state index contributed by atoms with van der Waals surface area (Å²) < 4.78 is 1.91. The number of benzene rings is 4. The number of hydrogen-bond donors (Lipinski definition) is 0. The van der Waals surface area contributed by atoms with Crippen molar-refractivity contribution in [1.82, 2.24) is 9.80 Å². The van der Waals surface area contributed by atoms with Crippen LogP contribution in [0, 0.1) is 0 Å². The van der Waals surface area contributed by atoms with E-state index in [1.165, 1.54) is 0 Å². The first-order valence-corrected chi connectivity index (χ1v) is 17.9. The summed E-state index contributed by atoms with van der Waals surface area (Å²) in [6.45, 7) is 1.07. The molecule has 242 valence electrons. The maximum absolute atomic E-state index is 13.6. The summed E-state index contributed by atoms with van der Waals surface area (Å²) in [5.41, 5.74) is 4.26. The second-order valence-electron chi connectivity index (χ2n) is 11.4. The SMILES string of the molecule is O=C1C(=Cc2ccc(Cl)cc2)N=C(c2ccc(Br)cc2)N1CCCCCCN1C(=O)C(=Cc2ccc(Cl)cc2)N=C1c1ccc(Br)cc1. The van der Waals surface area contributed by atoms with Crippen molar-refractivity contribution >= 4 is 90.7 Å². The molecular formula is C38H30Br2Cl2N4O2. The summed E-state index contributed by atoms with van der Waals surface area (Å²) in [5.74, 6) is 1.04. The van der Waals surface area contributed by atoms with E-state index in [1.807, 2.05) is 72.8 Å². The molecule has 48 heavy (non-hydrogen) atoms. The number of halogens is 4. The van der Waals surface area contributed by atoms with Gasteiger partial charge in [0.05, 0.1) is 0 Å². The molecule has 0 saturated carbocycles. The molecule has 0 bridgehead atoms. The molecule has 2 heterocycles. The number of unbranched alkanes of at least 4 members (excludes halogenated alkanes) is 3. The monoisotopic (exact) mass is 802 g/mol. The first-order valence-electron chi connectivity index (χ1n) is 15.5. The van der Waals surface area contributed by atoms with E-state index in [-0.39, 0.29) is 11.8 Å². The largest absolute Gasteiger partial charge is 0.291 e. The fourth-order valence-electron chi connectivity index (χ4n) is 5.48. The molecule has 2 aliphatic rings. The van der Waals surface area contributed by atoms with E-state index in [1.54, 1.807) is 46.2 Å². The summed E-state index contributed by atoms with van der Waals surface area (Å²) in [6.07, 6.45) is 6.94. The average molecular weight is 805 g/mol. The highest BCUT2D eigenvalue weighted by atomic mass is 79.9. The lowest BCUT2D eigenvalue weighted by molar-refractivity contribution is -0.123. The van der Waals surface area contributed by atoms with E-state index in [0.29, 0.717) is 46.2 Å². The number of hydrogen-bond acceptors (Lipinski definition) is 4. The van der Waals surface area contributed by atoms with Gasteiger partial charge in [-0.25, -0.2) is 9.98 Å². The Hall–Kier alpha value is -3.82. The molecule has 0 aliphatic carbocycles. The third kappa shape index (κ3) is 8.24. The van der Waals surface area contributed by atoms with Crippen LogP contribution in [0.1, 0.15) is 47.9 Å². The second-order valence-corrected chi connectivity index (χ2v) is 14.1. The lowest BCUT2D eigenvalue weighted by atomic mass is 10.1. The third-order valence-corrected chi connectivity index (χ3v) is 9.52. The minimum absolute atomic E-state index is 0.124. The van der Waals surface area contributed by atoms with E-state index >= 15 is 0 Å². The van der Waals surface area contributed by atoms with Crippen molar-refractivity contribution in [3.05, 3.63) is 150 Å². The molecule has 2 amide bonds. The molecule has 0 aromatic heterocycles. The molecular weight excluding hydrogens is 775 g/mol. The molecule has 6 nitrogen and oxygen atoms in total. The van der Waals surface area contributed by atoms with Crippen LogP contribution < -0.4 is 0 Å². The van der Waals surface area contributed by atoms with E-state index in [0.717, 1.165) is 56.9 Å². The van der Waals surface area contributed by atoms with Crippen molar-refractivity contribution in [3.63, 3.8) is 0 Å². The molecule has 0 unspecified atom stereocenters. The molecule has 0 radical (unpaired) electrons. The first-order chi connectivity index (χ1) is 23.2. The number of rotatable bonds is 11. The van der Waals surface area contributed by atoms with Crippen molar-refractivity contribution in [2.75, 3.05) is 13.1 Å². The van der Waals surface area contributed by atoms with E-state index in [9.17, 15) is 9.59 Å². The molecule has 2 aliphatic heterocycles. The van der Waals surface area contributed by atoms with Crippen molar-refractivity contribution in [3.8, 4) is 0 Å². The van der Waals surface area contributed by atoms with Crippen molar-refractivity contribution in [1.29, 1.82) is 0 Å². The van der Waals surface area contributed by atoms with Gasteiger partial charge in [0.1, 0.15) is 23.1 Å². The Morgan fingerprint density at radius 3 is 1.23 bits per heavy atom. The lowest BCUT2D eigenvalue weighted by Crippen LogP contribution is -2.34. The minimum atomic E-state index is -0.124. The molecule has 0 fully saturated rings. The van der Waals surface area contributed by atoms with Crippen molar-refractivity contribution in [2.45, 2.75) is 25.7 Å². The minimum Gasteiger partial charge on any atom is -0.291 e. The number of carbonyl (C=O) groups is 2. The van der Waals surface area contributed by atoms with Gasteiger partial charge in [-0.05, 0) is 84.7 Å². The number of aliphatic imine (C=N–C) groups is 2. The Bertz CT molecular complexity index is 1790. The zero-order chi connectivity index (χ0) is 33.6. The fourth-order valence-corrected chi connectivity index (χ4v) is 6.26. The van der Waals surface area contributed by atoms with Gasteiger partial charge in [0, 0.05) is 43.2 Å². The highest BCUT2D eigenvalue weighted by Gasteiger charge is 2.32. The normalized spacial score (nSPS) is 16.3. The summed E-state index contributed by atoms with van der Waals surface area (Å²) >= 11 is 19.1. The van der Waals surface area contributed by atoms with E-state index < -0.39 is 0 Å². The van der Waals surface area contributed by atoms with Crippen LogP contribution in [0.25, 0.3) is 12.2 Å². The third-order valence-electron chi connectivity index (χ3n) is 7.96. The fraction of sp³-hybridized carbons (Fsp3) is 0.158. The quantitative estimate of drug-likeness (QED) is 0.112. The van der Waals surface area contributed by atoms with Gasteiger partial charge in [-0.2, -0.15) is 0 Å². The molecule has 0 N–H and O–H groups in total. The lowest BCUT2D eigenvalue weighted by Gasteiger charge is -2.20. The topological polar surface area (TPSA) is 65.3 Å². The standard InChI is InChI=1S/C38H30Br2Cl2N4O2/c39-29-13-9-27(10-14-29)35-43-33(23-25-5-17-31(41)18-6-25)37(47)45(35)21-3-1-2-4-22-46-36(28-11-15-30(40)16-12-28)44-34(38(46)48)24-26-7-19-32(42)20-8-26/h5-20,23-24H,1-4,21-22H2. The second kappa shape index (κ2) is 15.6. The van der Waals surface area contributed by atoms with Crippen LogP contribution in [0.3, 0.4) is 0 Å². The molecule has 4 aromatic carbocycles. The number of amidine groups is 2. The molecule has 0 saturated heterocycles. The summed E-state index contributed by atoms with van der Waals surface area (Å²) in [5, 5.41) is 1.27. The smallest absolute Gasteiger partial charge is 0.278 e. The van der Waals surface area contributed by atoms with Crippen molar-refractivity contribution < 1.29 is 9.59 Å².